The summed E-state index contributed by atoms with van der Waals surface area (Å²) in [4.78, 5) is 12.3. The number of hydrogen-bond acceptors (Lipinski definition) is 3. The van der Waals surface area contributed by atoms with Gasteiger partial charge in [0.15, 0.2) is 0 Å². The second-order valence-corrected chi connectivity index (χ2v) is 8.35. The molecule has 0 bridgehead atoms. The molecule has 0 spiro atoms. The molecule has 0 unspecified atom stereocenters. The Morgan fingerprint density at radius 3 is 2.29 bits per heavy atom. The molecule has 2 rings (SSSR count). The number of nitrogens with one attached hydrogen (secondary N) is 1. The van der Waals surface area contributed by atoms with Crippen molar-refractivity contribution >= 4 is 33.2 Å². The summed E-state index contributed by atoms with van der Waals surface area (Å²) in [6.07, 6.45) is -4.73. The van der Waals surface area contributed by atoms with Gasteiger partial charge in [-0.2, -0.15) is 17.5 Å². The Hall–Kier alpha value is -2.10. The zero-order chi connectivity index (χ0) is 21.1. The van der Waals surface area contributed by atoms with Gasteiger partial charge in [-0.1, -0.05) is 36.2 Å². The smallest absolute Gasteiger partial charge is 0.324 e. The van der Waals surface area contributed by atoms with Gasteiger partial charge in [-0.05, 0) is 37.3 Å². The van der Waals surface area contributed by atoms with Crippen molar-refractivity contribution in [3.63, 3.8) is 0 Å². The van der Waals surface area contributed by atoms with Crippen molar-refractivity contribution < 1.29 is 26.4 Å². The summed E-state index contributed by atoms with van der Waals surface area (Å²) in [5.41, 5.74) is -0.745. The highest BCUT2D eigenvalue weighted by Crippen LogP contribution is 2.36. The van der Waals surface area contributed by atoms with E-state index in [2.05, 4.69) is 5.32 Å². The quantitative estimate of drug-likeness (QED) is 0.736. The average Bonchev–Trinajstić information content (AvgIpc) is 2.60. The van der Waals surface area contributed by atoms with E-state index in [0.717, 1.165) is 15.9 Å². The lowest BCUT2D eigenvalue weighted by atomic mass is 10.1. The molecular weight excluding hydrogens is 417 g/mol. The fourth-order valence-corrected chi connectivity index (χ4v) is 4.01. The summed E-state index contributed by atoms with van der Waals surface area (Å²) in [6.45, 7) is 2.66. The first kappa shape index (κ1) is 22.2. The lowest BCUT2D eigenvalue weighted by Gasteiger charge is -2.21. The minimum atomic E-state index is -4.73. The van der Waals surface area contributed by atoms with Crippen LogP contribution < -0.4 is 5.32 Å². The third-order valence-corrected chi connectivity index (χ3v) is 6.06. The van der Waals surface area contributed by atoms with Crippen LogP contribution in [0.15, 0.2) is 47.4 Å². The molecule has 2 aromatic carbocycles. The highest BCUT2D eigenvalue weighted by Gasteiger charge is 2.34. The molecule has 0 atom stereocenters. The van der Waals surface area contributed by atoms with Crippen molar-refractivity contribution in [2.75, 3.05) is 18.4 Å². The van der Waals surface area contributed by atoms with E-state index < -0.39 is 39.9 Å². The van der Waals surface area contributed by atoms with Crippen LogP contribution in [0.25, 0.3) is 0 Å². The maximum Gasteiger partial charge on any atom is 0.418 e. The van der Waals surface area contributed by atoms with Crippen molar-refractivity contribution in [2.45, 2.75) is 24.9 Å². The second kappa shape index (κ2) is 8.50. The van der Waals surface area contributed by atoms with Crippen LogP contribution in [-0.4, -0.2) is 31.7 Å². The second-order valence-electron chi connectivity index (χ2n) is 5.98. The lowest BCUT2D eigenvalue weighted by Crippen LogP contribution is -2.38. The van der Waals surface area contributed by atoms with Crippen LogP contribution in [0, 0.1) is 6.92 Å². The van der Waals surface area contributed by atoms with Crippen LogP contribution in [0.2, 0.25) is 5.02 Å². The monoisotopic (exact) mass is 434 g/mol. The maximum atomic E-state index is 13.1. The highest BCUT2D eigenvalue weighted by atomic mass is 35.5. The van der Waals surface area contributed by atoms with E-state index in [-0.39, 0.29) is 16.5 Å². The largest absolute Gasteiger partial charge is 0.418 e. The molecule has 0 saturated heterocycles. The Labute approximate surface area is 166 Å². The number of rotatable bonds is 6. The molecule has 0 radical (unpaired) electrons. The molecule has 0 heterocycles. The number of benzene rings is 2. The number of nitrogens with zero attached hydrogens (tertiary/aromatic N) is 1. The number of halogens is 4. The van der Waals surface area contributed by atoms with Gasteiger partial charge in [0.1, 0.15) is 0 Å². The number of alkyl halides is 3. The van der Waals surface area contributed by atoms with Crippen molar-refractivity contribution in [1.82, 2.24) is 4.31 Å². The molecule has 28 heavy (non-hydrogen) atoms. The summed E-state index contributed by atoms with van der Waals surface area (Å²) in [7, 11) is -3.97. The third kappa shape index (κ3) is 5.24. The normalized spacial score (nSPS) is 12.2. The average molecular weight is 435 g/mol. The van der Waals surface area contributed by atoms with Gasteiger partial charge < -0.3 is 5.32 Å². The Bertz CT molecular complexity index is 961. The van der Waals surface area contributed by atoms with Crippen molar-refractivity contribution in [3.8, 4) is 0 Å². The Morgan fingerprint density at radius 2 is 1.75 bits per heavy atom. The number of likely N-dealkylation sites (N-methyl/N-ethyl adjacent to an activating group) is 1. The number of sulfonamides is 1. The van der Waals surface area contributed by atoms with Crippen LogP contribution in [0.4, 0.5) is 18.9 Å². The Morgan fingerprint density at radius 1 is 1.14 bits per heavy atom. The SMILES string of the molecule is CCN(CC(=O)Nc1ccc(Cl)cc1C(F)(F)F)S(=O)(=O)c1ccc(C)cc1. The Kier molecular flexibility index (Phi) is 6.74. The number of carbonyl (C=O) groups excluding carboxylic acids is 1. The molecule has 0 aromatic heterocycles. The molecule has 0 saturated carbocycles. The van der Waals surface area contributed by atoms with Crippen LogP contribution in [0.3, 0.4) is 0 Å². The molecule has 1 N–H and O–H groups in total. The first-order valence-corrected chi connectivity index (χ1v) is 10.0. The molecule has 5 nitrogen and oxygen atoms in total. The molecule has 0 aliphatic heterocycles. The van der Waals surface area contributed by atoms with E-state index in [1.165, 1.54) is 25.1 Å². The highest BCUT2D eigenvalue weighted by molar-refractivity contribution is 7.89. The van der Waals surface area contributed by atoms with E-state index in [0.29, 0.717) is 6.07 Å². The van der Waals surface area contributed by atoms with Gasteiger partial charge in [-0.3, -0.25) is 4.79 Å². The van der Waals surface area contributed by atoms with Crippen molar-refractivity contribution in [1.29, 1.82) is 0 Å². The summed E-state index contributed by atoms with van der Waals surface area (Å²) < 4.78 is 65.7. The molecule has 2 aromatic rings. The molecule has 1 amide bonds. The number of anilines is 1. The maximum absolute atomic E-state index is 13.1. The van der Waals surface area contributed by atoms with E-state index in [4.69, 9.17) is 11.6 Å². The molecule has 0 aliphatic rings. The van der Waals surface area contributed by atoms with Gasteiger partial charge in [0, 0.05) is 11.6 Å². The van der Waals surface area contributed by atoms with E-state index >= 15 is 0 Å². The third-order valence-electron chi connectivity index (χ3n) is 3.89. The van der Waals surface area contributed by atoms with E-state index in [9.17, 15) is 26.4 Å². The van der Waals surface area contributed by atoms with Gasteiger partial charge in [-0.25, -0.2) is 8.42 Å². The molecule has 0 fully saturated rings. The van der Waals surface area contributed by atoms with Gasteiger partial charge in [0.2, 0.25) is 15.9 Å². The van der Waals surface area contributed by atoms with Gasteiger partial charge in [0.25, 0.3) is 0 Å². The molecule has 0 aliphatic carbocycles. The topological polar surface area (TPSA) is 66.5 Å². The fourth-order valence-electron chi connectivity index (χ4n) is 2.44. The predicted molar refractivity (Wildman–Crippen MR) is 101 cm³/mol. The fraction of sp³-hybridized carbons (Fsp3) is 0.278. The van der Waals surface area contributed by atoms with Crippen LogP contribution in [0.5, 0.6) is 0 Å². The number of carbonyl (C=O) groups is 1. The summed E-state index contributed by atoms with van der Waals surface area (Å²) >= 11 is 5.60. The Balaban J connectivity index is 2.23. The molecular formula is C18H18ClF3N2O3S. The minimum Gasteiger partial charge on any atom is -0.324 e. The first-order chi connectivity index (χ1) is 12.9. The van der Waals surface area contributed by atoms with E-state index in [1.54, 1.807) is 19.1 Å². The number of hydrogen-bond donors (Lipinski definition) is 1. The summed E-state index contributed by atoms with van der Waals surface area (Å²) in [5.74, 6) is -0.898. The predicted octanol–water partition coefficient (Wildman–Crippen LogP) is 4.32. The van der Waals surface area contributed by atoms with Crippen molar-refractivity contribution in [3.05, 3.63) is 58.6 Å². The lowest BCUT2D eigenvalue weighted by molar-refractivity contribution is -0.137. The van der Waals surface area contributed by atoms with Gasteiger partial charge in [0.05, 0.1) is 22.7 Å². The molecule has 152 valence electrons. The zero-order valence-corrected chi connectivity index (χ0v) is 16.6. The number of amides is 1. The van der Waals surface area contributed by atoms with Gasteiger partial charge in [-0.15, -0.1) is 0 Å². The number of aryl methyl sites for hydroxylation is 1. The van der Waals surface area contributed by atoms with Gasteiger partial charge >= 0.3 is 6.18 Å². The standard InChI is InChI=1S/C18H18ClF3N2O3S/c1-3-24(28(26,27)14-7-4-12(2)5-8-14)11-17(25)23-16-9-6-13(19)10-15(16)18(20,21)22/h4-10H,3,11H2,1-2H3,(H,23,25). The zero-order valence-electron chi connectivity index (χ0n) is 15.0. The molecule has 10 heteroatoms. The van der Waals surface area contributed by atoms with Crippen LogP contribution in [0.1, 0.15) is 18.1 Å². The minimum absolute atomic E-state index is 0.00442. The summed E-state index contributed by atoms with van der Waals surface area (Å²) in [5, 5.41) is 1.98. The first-order valence-electron chi connectivity index (χ1n) is 8.18. The van der Waals surface area contributed by atoms with Crippen molar-refractivity contribution in [2.24, 2.45) is 0 Å². The van der Waals surface area contributed by atoms with E-state index in [1.807, 2.05) is 0 Å². The van der Waals surface area contributed by atoms with Crippen LogP contribution in [-0.2, 0) is 21.0 Å². The van der Waals surface area contributed by atoms with Crippen LogP contribution >= 0.6 is 11.6 Å². The summed E-state index contributed by atoms with van der Waals surface area (Å²) in [6, 6.07) is 8.96.